The van der Waals surface area contributed by atoms with Crippen molar-refractivity contribution in [3.63, 3.8) is 0 Å². The summed E-state index contributed by atoms with van der Waals surface area (Å²) in [6, 6.07) is 0. The number of carbonyl (C=O) groups is 1. The maximum atomic E-state index is 12.6. The van der Waals surface area contributed by atoms with Gasteiger partial charge in [0.1, 0.15) is 0 Å². The van der Waals surface area contributed by atoms with Crippen LogP contribution in [-0.4, -0.2) is 53.4 Å². The molecule has 0 spiro atoms. The van der Waals surface area contributed by atoms with Crippen LogP contribution in [0.2, 0.25) is 0 Å². The molecule has 1 saturated heterocycles. The zero-order valence-electron chi connectivity index (χ0n) is 12.1. The fraction of sp³-hybridized carbons (Fsp3) is 0.923. The predicted octanol–water partition coefficient (Wildman–Crippen LogP) is 0.358. The number of aliphatic hydroxyl groups excluding tert-OH is 1. The third-order valence-corrected chi connectivity index (χ3v) is 3.96. The van der Waals surface area contributed by atoms with Crippen LogP contribution < -0.4 is 5.73 Å². The molecule has 1 heterocycles. The van der Waals surface area contributed by atoms with Gasteiger partial charge in [0.15, 0.2) is 0 Å². The van der Waals surface area contributed by atoms with Gasteiger partial charge in [-0.05, 0) is 34.6 Å². The number of hydrogen-bond donors (Lipinski definition) is 2. The first-order valence-corrected chi connectivity index (χ1v) is 6.44. The summed E-state index contributed by atoms with van der Waals surface area (Å²) in [7, 11) is 0. The second kappa shape index (κ2) is 5.15. The SMILES string of the molecule is CC1CN(C(=O)C(C)(C)C(C)(C)N)CC(CO)O1. The number of nitrogens with zero attached hydrogens (tertiary/aromatic N) is 1. The van der Waals surface area contributed by atoms with Crippen molar-refractivity contribution in [2.24, 2.45) is 11.1 Å². The highest BCUT2D eigenvalue weighted by Gasteiger charge is 2.44. The fourth-order valence-corrected chi connectivity index (χ4v) is 1.98. The maximum absolute atomic E-state index is 12.6. The summed E-state index contributed by atoms with van der Waals surface area (Å²) in [5, 5.41) is 9.18. The van der Waals surface area contributed by atoms with E-state index in [9.17, 15) is 9.90 Å². The molecule has 1 aliphatic heterocycles. The molecule has 0 aromatic carbocycles. The summed E-state index contributed by atoms with van der Waals surface area (Å²) in [6.45, 7) is 10.3. The molecule has 1 rings (SSSR count). The third kappa shape index (κ3) is 3.02. The molecule has 0 aliphatic carbocycles. The third-order valence-electron chi connectivity index (χ3n) is 3.96. The van der Waals surface area contributed by atoms with Gasteiger partial charge >= 0.3 is 0 Å². The summed E-state index contributed by atoms with van der Waals surface area (Å²) < 4.78 is 5.54. The van der Waals surface area contributed by atoms with Gasteiger partial charge in [-0.1, -0.05) is 0 Å². The van der Waals surface area contributed by atoms with Crippen molar-refractivity contribution < 1.29 is 14.6 Å². The molecule has 1 amide bonds. The zero-order valence-corrected chi connectivity index (χ0v) is 12.1. The first-order valence-electron chi connectivity index (χ1n) is 6.44. The van der Waals surface area contributed by atoms with Crippen LogP contribution in [0.4, 0.5) is 0 Å². The van der Waals surface area contributed by atoms with Crippen LogP contribution in [-0.2, 0) is 9.53 Å². The second-order valence-corrected chi connectivity index (χ2v) is 6.31. The van der Waals surface area contributed by atoms with Crippen molar-refractivity contribution in [1.82, 2.24) is 4.90 Å². The van der Waals surface area contributed by atoms with E-state index in [1.54, 1.807) is 4.90 Å². The molecule has 1 aliphatic rings. The molecule has 0 aromatic rings. The summed E-state index contributed by atoms with van der Waals surface area (Å²) in [4.78, 5) is 14.3. The summed E-state index contributed by atoms with van der Waals surface area (Å²) in [5.41, 5.74) is 4.85. The highest BCUT2D eigenvalue weighted by molar-refractivity contribution is 5.83. The molecule has 106 valence electrons. The summed E-state index contributed by atoms with van der Waals surface area (Å²) >= 11 is 0. The normalized spacial score (nSPS) is 26.3. The van der Waals surface area contributed by atoms with E-state index in [0.717, 1.165) is 0 Å². The Bertz CT molecular complexity index is 310. The molecule has 3 N–H and O–H groups in total. The molecule has 0 aromatic heterocycles. The van der Waals surface area contributed by atoms with Crippen molar-refractivity contribution in [3.05, 3.63) is 0 Å². The Morgan fingerprint density at radius 3 is 2.39 bits per heavy atom. The van der Waals surface area contributed by atoms with Gasteiger partial charge in [0.25, 0.3) is 0 Å². The van der Waals surface area contributed by atoms with Gasteiger partial charge in [-0.25, -0.2) is 0 Å². The van der Waals surface area contributed by atoms with Crippen LogP contribution in [0.15, 0.2) is 0 Å². The topological polar surface area (TPSA) is 75.8 Å². The van der Waals surface area contributed by atoms with Crippen molar-refractivity contribution in [1.29, 1.82) is 0 Å². The molecular weight excluding hydrogens is 232 g/mol. The van der Waals surface area contributed by atoms with E-state index in [4.69, 9.17) is 10.5 Å². The lowest BCUT2D eigenvalue weighted by molar-refractivity contribution is -0.158. The number of amides is 1. The van der Waals surface area contributed by atoms with Crippen molar-refractivity contribution in [2.45, 2.75) is 52.4 Å². The molecule has 0 bridgehead atoms. The molecule has 0 saturated carbocycles. The second-order valence-electron chi connectivity index (χ2n) is 6.31. The van der Waals surface area contributed by atoms with E-state index in [1.165, 1.54) is 0 Å². The minimum Gasteiger partial charge on any atom is -0.394 e. The molecule has 5 nitrogen and oxygen atoms in total. The molecule has 2 atom stereocenters. The lowest BCUT2D eigenvalue weighted by atomic mass is 9.74. The van der Waals surface area contributed by atoms with Crippen LogP contribution in [0.1, 0.15) is 34.6 Å². The number of aliphatic hydroxyl groups is 1. The van der Waals surface area contributed by atoms with Gasteiger partial charge in [-0.2, -0.15) is 0 Å². The maximum Gasteiger partial charge on any atom is 0.230 e. The van der Waals surface area contributed by atoms with Crippen molar-refractivity contribution in [2.75, 3.05) is 19.7 Å². The molecule has 18 heavy (non-hydrogen) atoms. The van der Waals surface area contributed by atoms with E-state index >= 15 is 0 Å². The Morgan fingerprint density at radius 1 is 1.39 bits per heavy atom. The standard InChI is InChI=1S/C13H26N2O3/c1-9-6-15(7-10(8-16)18-9)11(17)12(2,3)13(4,5)14/h9-10,16H,6-8,14H2,1-5H3. The van der Waals surface area contributed by atoms with E-state index in [2.05, 4.69) is 0 Å². The van der Waals surface area contributed by atoms with Gasteiger partial charge < -0.3 is 20.5 Å². The van der Waals surface area contributed by atoms with E-state index < -0.39 is 11.0 Å². The minimum absolute atomic E-state index is 0.0172. The number of hydrogen-bond acceptors (Lipinski definition) is 4. The number of morpholine rings is 1. The molecule has 0 radical (unpaired) electrons. The Hall–Kier alpha value is -0.650. The van der Waals surface area contributed by atoms with Crippen LogP contribution in [0, 0.1) is 5.41 Å². The molecule has 2 unspecified atom stereocenters. The van der Waals surface area contributed by atoms with Gasteiger partial charge in [-0.3, -0.25) is 4.79 Å². The Balaban J connectivity index is 2.83. The minimum atomic E-state index is -0.649. The number of nitrogens with two attached hydrogens (primary N) is 1. The molecule has 5 heteroatoms. The van der Waals surface area contributed by atoms with E-state index in [-0.39, 0.29) is 24.7 Å². The van der Waals surface area contributed by atoms with Crippen LogP contribution in [0.25, 0.3) is 0 Å². The summed E-state index contributed by atoms with van der Waals surface area (Å²) in [6.07, 6.45) is -0.356. The van der Waals surface area contributed by atoms with E-state index in [0.29, 0.717) is 13.1 Å². The largest absolute Gasteiger partial charge is 0.394 e. The number of rotatable bonds is 3. The first-order chi connectivity index (χ1) is 8.09. The van der Waals surface area contributed by atoms with Crippen LogP contribution >= 0.6 is 0 Å². The average Bonchev–Trinajstić information content (AvgIpc) is 2.25. The summed E-state index contributed by atoms with van der Waals surface area (Å²) in [5.74, 6) is 0.0172. The van der Waals surface area contributed by atoms with Crippen molar-refractivity contribution in [3.8, 4) is 0 Å². The lowest BCUT2D eigenvalue weighted by Crippen LogP contribution is -2.60. The smallest absolute Gasteiger partial charge is 0.230 e. The van der Waals surface area contributed by atoms with Crippen LogP contribution in [0.3, 0.4) is 0 Å². The van der Waals surface area contributed by atoms with Gasteiger partial charge in [0, 0.05) is 18.6 Å². The Kier molecular flexibility index (Phi) is 4.41. The van der Waals surface area contributed by atoms with Gasteiger partial charge in [-0.15, -0.1) is 0 Å². The zero-order chi connectivity index (χ0) is 14.1. The average molecular weight is 258 g/mol. The lowest BCUT2D eigenvalue weighted by Gasteiger charge is -2.44. The van der Waals surface area contributed by atoms with Gasteiger partial charge in [0.2, 0.25) is 5.91 Å². The monoisotopic (exact) mass is 258 g/mol. The highest BCUT2D eigenvalue weighted by atomic mass is 16.5. The predicted molar refractivity (Wildman–Crippen MR) is 70.0 cm³/mol. The Morgan fingerprint density at radius 2 is 1.94 bits per heavy atom. The molecule has 1 fully saturated rings. The Labute approximate surface area is 109 Å². The number of carbonyl (C=O) groups excluding carboxylic acids is 1. The van der Waals surface area contributed by atoms with Crippen LogP contribution in [0.5, 0.6) is 0 Å². The quantitative estimate of drug-likeness (QED) is 0.766. The molecular formula is C13H26N2O3. The van der Waals surface area contributed by atoms with E-state index in [1.807, 2.05) is 34.6 Å². The highest BCUT2D eigenvalue weighted by Crippen LogP contribution is 2.31. The first kappa shape index (κ1) is 15.4. The van der Waals surface area contributed by atoms with Crippen molar-refractivity contribution >= 4 is 5.91 Å². The number of ether oxygens (including phenoxy) is 1. The fourth-order valence-electron chi connectivity index (χ4n) is 1.98. The van der Waals surface area contributed by atoms with Gasteiger partial charge in [0.05, 0.1) is 24.2 Å².